The Bertz CT molecular complexity index is 432. The second-order valence-corrected chi connectivity index (χ2v) is 4.36. The van der Waals surface area contributed by atoms with Crippen LogP contribution in [0.25, 0.3) is 0 Å². The molecule has 1 aromatic rings. The molecule has 0 saturated carbocycles. The molecule has 1 aromatic heterocycles. The van der Waals surface area contributed by atoms with E-state index in [9.17, 15) is 0 Å². The van der Waals surface area contributed by atoms with Gasteiger partial charge < -0.3 is 11.1 Å². The highest BCUT2D eigenvalue weighted by Crippen LogP contribution is 2.07. The van der Waals surface area contributed by atoms with Crippen LogP contribution in [-0.4, -0.2) is 27.5 Å². The lowest BCUT2D eigenvalue weighted by atomic mass is 10.2. The smallest absolute Gasteiger partial charge is 0.195 e. The van der Waals surface area contributed by atoms with Crippen LogP contribution in [0, 0.1) is 12.3 Å². The molecule has 0 spiro atoms. The Balaban J connectivity index is 2.78. The van der Waals surface area contributed by atoms with Gasteiger partial charge in [-0.15, -0.1) is 0 Å². The van der Waals surface area contributed by atoms with E-state index in [1.165, 1.54) is 0 Å². The SMILES string of the molecule is CCCNC(=S)N(Cc1ncccc1C)C(=N)N. The summed E-state index contributed by atoms with van der Waals surface area (Å²) >= 11 is 5.23. The number of thiocarbonyl (C=S) groups is 1. The zero-order valence-corrected chi connectivity index (χ0v) is 11.5. The molecular formula is C12H19N5S. The fourth-order valence-electron chi connectivity index (χ4n) is 1.43. The molecular weight excluding hydrogens is 246 g/mol. The highest BCUT2D eigenvalue weighted by atomic mass is 32.1. The number of nitrogens with zero attached hydrogens (tertiary/aromatic N) is 2. The molecule has 0 radical (unpaired) electrons. The van der Waals surface area contributed by atoms with Crippen LogP contribution in [0.5, 0.6) is 0 Å². The summed E-state index contributed by atoms with van der Waals surface area (Å²) in [5, 5.41) is 11.1. The van der Waals surface area contributed by atoms with Crippen LogP contribution in [0.3, 0.4) is 0 Å². The standard InChI is InChI=1S/C12H19N5S/c1-3-6-16-12(18)17(11(13)14)8-10-9(2)5-4-7-15-10/h4-5,7H,3,6,8H2,1-2H3,(H3,13,14)(H,16,18). The summed E-state index contributed by atoms with van der Waals surface area (Å²) in [5.74, 6) is -0.0753. The molecule has 0 aliphatic carbocycles. The van der Waals surface area contributed by atoms with Crippen LogP contribution in [0.2, 0.25) is 0 Å². The third-order valence-electron chi connectivity index (χ3n) is 2.49. The second kappa shape index (κ2) is 6.90. The highest BCUT2D eigenvalue weighted by molar-refractivity contribution is 7.80. The van der Waals surface area contributed by atoms with Crippen molar-refractivity contribution in [2.24, 2.45) is 5.73 Å². The number of pyridine rings is 1. The fraction of sp³-hybridized carbons (Fsp3) is 0.417. The Morgan fingerprint density at radius 2 is 2.33 bits per heavy atom. The number of rotatable bonds is 4. The van der Waals surface area contributed by atoms with E-state index in [4.69, 9.17) is 23.4 Å². The molecule has 18 heavy (non-hydrogen) atoms. The van der Waals surface area contributed by atoms with Crippen molar-refractivity contribution < 1.29 is 0 Å². The van der Waals surface area contributed by atoms with Crippen molar-refractivity contribution in [1.82, 2.24) is 15.2 Å². The zero-order valence-electron chi connectivity index (χ0n) is 10.7. The van der Waals surface area contributed by atoms with Gasteiger partial charge in [-0.05, 0) is 37.2 Å². The van der Waals surface area contributed by atoms with Crippen molar-refractivity contribution in [3.05, 3.63) is 29.6 Å². The molecule has 0 aromatic carbocycles. The van der Waals surface area contributed by atoms with Crippen LogP contribution >= 0.6 is 12.2 Å². The highest BCUT2D eigenvalue weighted by Gasteiger charge is 2.14. The summed E-state index contributed by atoms with van der Waals surface area (Å²) in [7, 11) is 0. The predicted molar refractivity (Wildman–Crippen MR) is 77.3 cm³/mol. The van der Waals surface area contributed by atoms with Gasteiger partial charge in [-0.25, -0.2) is 0 Å². The molecule has 0 unspecified atom stereocenters. The van der Waals surface area contributed by atoms with Gasteiger partial charge in [0.1, 0.15) is 0 Å². The Labute approximate surface area is 113 Å². The van der Waals surface area contributed by atoms with Gasteiger partial charge in [-0.2, -0.15) is 0 Å². The topological polar surface area (TPSA) is 78.0 Å². The van der Waals surface area contributed by atoms with E-state index >= 15 is 0 Å². The maximum atomic E-state index is 7.59. The Morgan fingerprint density at radius 1 is 1.61 bits per heavy atom. The summed E-state index contributed by atoms with van der Waals surface area (Å²) in [6.45, 7) is 5.21. The molecule has 0 aliphatic rings. The van der Waals surface area contributed by atoms with Crippen molar-refractivity contribution in [1.29, 1.82) is 5.41 Å². The van der Waals surface area contributed by atoms with Crippen molar-refractivity contribution in [3.63, 3.8) is 0 Å². The first kappa shape index (κ1) is 14.4. The second-order valence-electron chi connectivity index (χ2n) is 3.97. The van der Waals surface area contributed by atoms with Crippen LogP contribution in [0.1, 0.15) is 24.6 Å². The summed E-state index contributed by atoms with van der Waals surface area (Å²) in [6.07, 6.45) is 2.69. The van der Waals surface area contributed by atoms with Gasteiger partial charge in [0, 0.05) is 12.7 Å². The zero-order chi connectivity index (χ0) is 13.5. The normalized spacial score (nSPS) is 9.89. The van der Waals surface area contributed by atoms with Crippen molar-refractivity contribution in [3.8, 4) is 0 Å². The van der Waals surface area contributed by atoms with Gasteiger partial charge in [0.05, 0.1) is 12.2 Å². The van der Waals surface area contributed by atoms with E-state index in [-0.39, 0.29) is 5.96 Å². The first-order valence-corrected chi connectivity index (χ1v) is 6.27. The minimum Gasteiger partial charge on any atom is -0.370 e. The summed E-state index contributed by atoms with van der Waals surface area (Å²) in [4.78, 5) is 5.82. The minimum absolute atomic E-state index is 0.0753. The third-order valence-corrected chi connectivity index (χ3v) is 2.85. The van der Waals surface area contributed by atoms with Gasteiger partial charge >= 0.3 is 0 Å². The van der Waals surface area contributed by atoms with Crippen LogP contribution in [0.15, 0.2) is 18.3 Å². The lowest BCUT2D eigenvalue weighted by Gasteiger charge is -2.24. The van der Waals surface area contributed by atoms with Crippen molar-refractivity contribution in [2.45, 2.75) is 26.8 Å². The van der Waals surface area contributed by atoms with E-state index in [0.29, 0.717) is 11.7 Å². The van der Waals surface area contributed by atoms with Gasteiger partial charge in [0.15, 0.2) is 11.1 Å². The molecule has 4 N–H and O–H groups in total. The molecule has 6 heteroatoms. The van der Waals surface area contributed by atoms with Crippen molar-refractivity contribution in [2.75, 3.05) is 6.54 Å². The first-order valence-electron chi connectivity index (χ1n) is 5.86. The molecule has 0 bridgehead atoms. The predicted octanol–water partition coefficient (Wildman–Crippen LogP) is 1.37. The first-order chi connectivity index (χ1) is 8.56. The third kappa shape index (κ3) is 3.96. The molecule has 1 rings (SSSR count). The lowest BCUT2D eigenvalue weighted by Crippen LogP contribution is -2.46. The summed E-state index contributed by atoms with van der Waals surface area (Å²) < 4.78 is 0. The molecule has 0 saturated heterocycles. The van der Waals surface area contributed by atoms with E-state index in [1.54, 1.807) is 11.1 Å². The number of nitrogens with one attached hydrogen (secondary N) is 2. The number of guanidine groups is 1. The number of hydrogen-bond acceptors (Lipinski definition) is 3. The molecule has 98 valence electrons. The quantitative estimate of drug-likeness (QED) is 0.435. The number of hydrogen-bond donors (Lipinski definition) is 3. The van der Waals surface area contributed by atoms with E-state index in [2.05, 4.69) is 17.2 Å². The van der Waals surface area contributed by atoms with Crippen LogP contribution in [0.4, 0.5) is 0 Å². The van der Waals surface area contributed by atoms with E-state index < -0.39 is 0 Å². The summed E-state index contributed by atoms with van der Waals surface area (Å²) in [5.41, 5.74) is 7.49. The minimum atomic E-state index is -0.0753. The van der Waals surface area contributed by atoms with E-state index in [1.807, 2.05) is 19.1 Å². The number of aromatic nitrogens is 1. The van der Waals surface area contributed by atoms with Gasteiger partial charge in [0.25, 0.3) is 0 Å². The van der Waals surface area contributed by atoms with E-state index in [0.717, 1.165) is 24.2 Å². The lowest BCUT2D eigenvalue weighted by molar-refractivity contribution is 0.562. The Morgan fingerprint density at radius 3 is 2.89 bits per heavy atom. The maximum absolute atomic E-state index is 7.59. The van der Waals surface area contributed by atoms with Gasteiger partial charge in [-0.3, -0.25) is 15.3 Å². The average Bonchev–Trinajstić information content (AvgIpc) is 2.34. The van der Waals surface area contributed by atoms with Crippen molar-refractivity contribution >= 4 is 23.3 Å². The van der Waals surface area contributed by atoms with Crippen LogP contribution < -0.4 is 11.1 Å². The average molecular weight is 265 g/mol. The Hall–Kier alpha value is -1.69. The maximum Gasteiger partial charge on any atom is 0.195 e. The Kier molecular flexibility index (Phi) is 5.51. The molecule has 1 heterocycles. The fourth-order valence-corrected chi connectivity index (χ4v) is 1.69. The van der Waals surface area contributed by atoms with Gasteiger partial charge in [0.2, 0.25) is 0 Å². The molecule has 0 atom stereocenters. The summed E-state index contributed by atoms with van der Waals surface area (Å²) in [6, 6.07) is 3.85. The van der Waals surface area contributed by atoms with Crippen LogP contribution in [-0.2, 0) is 6.54 Å². The molecule has 5 nitrogen and oxygen atoms in total. The monoisotopic (exact) mass is 265 g/mol. The largest absolute Gasteiger partial charge is 0.370 e. The molecule has 0 fully saturated rings. The molecule has 0 aliphatic heterocycles. The number of nitrogens with two attached hydrogens (primary N) is 1. The molecule has 0 amide bonds. The van der Waals surface area contributed by atoms with Gasteiger partial charge in [-0.1, -0.05) is 13.0 Å². The number of aryl methyl sites for hydroxylation is 1.